The first-order valence-electron chi connectivity index (χ1n) is 5.96. The second-order valence-electron chi connectivity index (χ2n) is 3.90. The molecule has 2 unspecified atom stereocenters. The standard InChI is InChI=1S/C13H23NO2/c1-5-8-10-12(13(15)16-4)14-11(7-3)9-6-2/h2,11-12,14H,5,7-10H2,1,3-4H3. The van der Waals surface area contributed by atoms with E-state index in [4.69, 9.17) is 11.2 Å². The zero-order valence-electron chi connectivity index (χ0n) is 10.6. The third kappa shape index (κ3) is 5.77. The number of nitrogens with one attached hydrogen (secondary N) is 1. The van der Waals surface area contributed by atoms with Crippen LogP contribution in [0.2, 0.25) is 0 Å². The van der Waals surface area contributed by atoms with Gasteiger partial charge in [-0.25, -0.2) is 0 Å². The number of terminal acetylenes is 1. The van der Waals surface area contributed by atoms with E-state index >= 15 is 0 Å². The lowest BCUT2D eigenvalue weighted by Crippen LogP contribution is -2.43. The fourth-order valence-electron chi connectivity index (χ4n) is 1.57. The van der Waals surface area contributed by atoms with Crippen LogP contribution in [-0.4, -0.2) is 25.2 Å². The molecule has 3 nitrogen and oxygen atoms in total. The number of esters is 1. The van der Waals surface area contributed by atoms with E-state index in [9.17, 15) is 4.79 Å². The lowest BCUT2D eigenvalue weighted by Gasteiger charge is -2.21. The minimum atomic E-state index is -0.219. The van der Waals surface area contributed by atoms with Gasteiger partial charge in [0.25, 0.3) is 0 Å². The van der Waals surface area contributed by atoms with Crippen LogP contribution in [0.4, 0.5) is 0 Å². The van der Waals surface area contributed by atoms with Gasteiger partial charge in [0, 0.05) is 12.5 Å². The van der Waals surface area contributed by atoms with Crippen LogP contribution in [-0.2, 0) is 9.53 Å². The molecule has 0 spiro atoms. The Labute approximate surface area is 98.9 Å². The molecule has 2 atom stereocenters. The Morgan fingerprint density at radius 2 is 2.19 bits per heavy atom. The summed E-state index contributed by atoms with van der Waals surface area (Å²) < 4.78 is 4.78. The molecule has 0 aromatic heterocycles. The monoisotopic (exact) mass is 225 g/mol. The van der Waals surface area contributed by atoms with Crippen molar-refractivity contribution in [1.29, 1.82) is 0 Å². The molecule has 0 bridgehead atoms. The largest absolute Gasteiger partial charge is 0.468 e. The molecule has 3 heteroatoms. The number of rotatable bonds is 8. The topological polar surface area (TPSA) is 38.3 Å². The van der Waals surface area contributed by atoms with Crippen molar-refractivity contribution in [3.05, 3.63) is 0 Å². The van der Waals surface area contributed by atoms with E-state index in [1.165, 1.54) is 7.11 Å². The highest BCUT2D eigenvalue weighted by Crippen LogP contribution is 2.06. The fourth-order valence-corrected chi connectivity index (χ4v) is 1.57. The highest BCUT2D eigenvalue weighted by atomic mass is 16.5. The molecule has 0 radical (unpaired) electrons. The first-order chi connectivity index (χ1) is 7.69. The Bertz CT molecular complexity index is 233. The Morgan fingerprint density at radius 3 is 2.62 bits per heavy atom. The number of hydrogen-bond acceptors (Lipinski definition) is 3. The minimum absolute atomic E-state index is 0.191. The zero-order valence-corrected chi connectivity index (χ0v) is 10.6. The SMILES string of the molecule is C#CCC(CC)NC(CCCC)C(=O)OC. The molecule has 0 aromatic carbocycles. The molecular formula is C13H23NO2. The average molecular weight is 225 g/mol. The molecule has 0 saturated heterocycles. The van der Waals surface area contributed by atoms with Crippen molar-refractivity contribution in [3.63, 3.8) is 0 Å². The lowest BCUT2D eigenvalue weighted by atomic mass is 10.1. The fraction of sp³-hybridized carbons (Fsp3) is 0.769. The maximum absolute atomic E-state index is 11.5. The average Bonchev–Trinajstić information content (AvgIpc) is 2.32. The van der Waals surface area contributed by atoms with Crippen molar-refractivity contribution in [2.24, 2.45) is 0 Å². The summed E-state index contributed by atoms with van der Waals surface area (Å²) in [6.45, 7) is 4.16. The van der Waals surface area contributed by atoms with Gasteiger partial charge < -0.3 is 10.1 Å². The van der Waals surface area contributed by atoms with E-state index in [0.29, 0.717) is 6.42 Å². The maximum Gasteiger partial charge on any atom is 0.322 e. The lowest BCUT2D eigenvalue weighted by molar-refractivity contribution is -0.143. The normalized spacial score (nSPS) is 13.9. The molecule has 0 rings (SSSR count). The Morgan fingerprint density at radius 1 is 1.50 bits per heavy atom. The smallest absolute Gasteiger partial charge is 0.322 e. The maximum atomic E-state index is 11.5. The van der Waals surface area contributed by atoms with E-state index in [0.717, 1.165) is 25.7 Å². The molecule has 0 fully saturated rings. The van der Waals surface area contributed by atoms with E-state index in [1.807, 2.05) is 0 Å². The van der Waals surface area contributed by atoms with Crippen LogP contribution in [0.15, 0.2) is 0 Å². The van der Waals surface area contributed by atoms with Crippen LogP contribution in [0, 0.1) is 12.3 Å². The van der Waals surface area contributed by atoms with Crippen LogP contribution in [0.25, 0.3) is 0 Å². The molecule has 92 valence electrons. The van der Waals surface area contributed by atoms with Crippen LogP contribution < -0.4 is 5.32 Å². The van der Waals surface area contributed by atoms with Gasteiger partial charge in [-0.15, -0.1) is 12.3 Å². The van der Waals surface area contributed by atoms with Crippen molar-refractivity contribution < 1.29 is 9.53 Å². The van der Waals surface area contributed by atoms with Gasteiger partial charge in [-0.2, -0.15) is 0 Å². The first kappa shape index (κ1) is 15.0. The third-order valence-corrected chi connectivity index (χ3v) is 2.63. The Kier molecular flexibility index (Phi) is 8.65. The van der Waals surface area contributed by atoms with Gasteiger partial charge in [0.1, 0.15) is 6.04 Å². The molecular weight excluding hydrogens is 202 g/mol. The molecule has 0 aromatic rings. The number of carbonyl (C=O) groups is 1. The van der Waals surface area contributed by atoms with Gasteiger partial charge in [0.2, 0.25) is 0 Å². The number of hydrogen-bond donors (Lipinski definition) is 1. The summed E-state index contributed by atoms with van der Waals surface area (Å²) >= 11 is 0. The van der Waals surface area contributed by atoms with Gasteiger partial charge in [-0.3, -0.25) is 4.79 Å². The quantitative estimate of drug-likeness (QED) is 0.508. The van der Waals surface area contributed by atoms with Crippen LogP contribution in [0.1, 0.15) is 46.0 Å². The second-order valence-corrected chi connectivity index (χ2v) is 3.90. The zero-order chi connectivity index (χ0) is 12.4. The van der Waals surface area contributed by atoms with Gasteiger partial charge in [-0.1, -0.05) is 26.7 Å². The number of methoxy groups -OCH3 is 1. The molecule has 0 amide bonds. The van der Waals surface area contributed by atoms with Crippen molar-refractivity contribution in [1.82, 2.24) is 5.32 Å². The van der Waals surface area contributed by atoms with Crippen LogP contribution >= 0.6 is 0 Å². The van der Waals surface area contributed by atoms with E-state index in [2.05, 4.69) is 25.1 Å². The summed E-state index contributed by atoms with van der Waals surface area (Å²) in [5, 5.41) is 3.27. The van der Waals surface area contributed by atoms with Crippen LogP contribution in [0.5, 0.6) is 0 Å². The molecule has 0 aliphatic carbocycles. The summed E-state index contributed by atoms with van der Waals surface area (Å²) in [5.41, 5.74) is 0. The first-order valence-corrected chi connectivity index (χ1v) is 5.96. The van der Waals surface area contributed by atoms with Gasteiger partial charge in [0.15, 0.2) is 0 Å². The van der Waals surface area contributed by atoms with Crippen molar-refractivity contribution >= 4 is 5.97 Å². The summed E-state index contributed by atoms with van der Waals surface area (Å²) in [6.07, 6.45) is 9.75. The summed E-state index contributed by atoms with van der Waals surface area (Å²) in [4.78, 5) is 11.5. The predicted molar refractivity (Wildman–Crippen MR) is 66.0 cm³/mol. The Hall–Kier alpha value is -1.01. The molecule has 0 saturated carbocycles. The van der Waals surface area contributed by atoms with Gasteiger partial charge in [-0.05, 0) is 12.8 Å². The third-order valence-electron chi connectivity index (χ3n) is 2.63. The number of unbranched alkanes of at least 4 members (excludes halogenated alkanes) is 1. The van der Waals surface area contributed by atoms with Crippen molar-refractivity contribution in [2.75, 3.05) is 7.11 Å². The summed E-state index contributed by atoms with van der Waals surface area (Å²) in [5.74, 6) is 2.43. The molecule has 1 N–H and O–H groups in total. The summed E-state index contributed by atoms with van der Waals surface area (Å²) in [7, 11) is 1.42. The molecule has 0 heterocycles. The molecule has 16 heavy (non-hydrogen) atoms. The highest BCUT2D eigenvalue weighted by Gasteiger charge is 2.20. The minimum Gasteiger partial charge on any atom is -0.468 e. The predicted octanol–water partition coefficient (Wildman–Crippen LogP) is 2.11. The van der Waals surface area contributed by atoms with Crippen molar-refractivity contribution in [3.8, 4) is 12.3 Å². The Balaban J connectivity index is 4.27. The van der Waals surface area contributed by atoms with E-state index in [1.54, 1.807) is 0 Å². The van der Waals surface area contributed by atoms with Crippen LogP contribution in [0.3, 0.4) is 0 Å². The molecule has 0 aliphatic heterocycles. The summed E-state index contributed by atoms with van der Waals surface area (Å²) in [6, 6.07) is -0.0193. The second kappa shape index (κ2) is 9.23. The van der Waals surface area contributed by atoms with Gasteiger partial charge in [0.05, 0.1) is 7.11 Å². The molecule has 0 aliphatic rings. The number of ether oxygens (including phenoxy) is 1. The van der Waals surface area contributed by atoms with E-state index < -0.39 is 0 Å². The number of carbonyl (C=O) groups excluding carboxylic acids is 1. The van der Waals surface area contributed by atoms with E-state index in [-0.39, 0.29) is 18.1 Å². The highest BCUT2D eigenvalue weighted by molar-refractivity contribution is 5.75. The van der Waals surface area contributed by atoms with Gasteiger partial charge >= 0.3 is 5.97 Å². The van der Waals surface area contributed by atoms with Crippen molar-refractivity contribution in [2.45, 2.75) is 58.0 Å².